The smallest absolute Gasteiger partial charge is 0.230 e. The number of rotatable bonds is 1. The Morgan fingerprint density at radius 1 is 1.29 bits per heavy atom. The SMILES string of the molecule is Cc1ccc2c(c1)[C@@H]1C[NH+](C)CC[C@H]1N2C(=O)C1CC1.[Cl-]. The third kappa shape index (κ3) is 2.36. The maximum absolute atomic E-state index is 12.7. The van der Waals surface area contributed by atoms with Crippen LogP contribution in [0.15, 0.2) is 18.2 Å². The molecule has 114 valence electrons. The van der Waals surface area contributed by atoms with E-state index in [9.17, 15) is 4.79 Å². The quantitative estimate of drug-likeness (QED) is 0.646. The minimum absolute atomic E-state index is 0. The minimum atomic E-state index is 0. The minimum Gasteiger partial charge on any atom is -1.00 e. The molecule has 4 rings (SSSR count). The average molecular weight is 307 g/mol. The van der Waals surface area contributed by atoms with Crippen LogP contribution in [0.1, 0.15) is 36.3 Å². The fraction of sp³-hybridized carbons (Fsp3) is 0.588. The lowest BCUT2D eigenvalue weighted by molar-refractivity contribution is -0.886. The van der Waals surface area contributed by atoms with Crippen molar-refractivity contribution in [1.29, 1.82) is 0 Å². The highest BCUT2D eigenvalue weighted by Crippen LogP contribution is 2.45. The normalized spacial score (nSPS) is 30.4. The highest BCUT2D eigenvalue weighted by Gasteiger charge is 2.48. The Balaban J connectivity index is 0.00000132. The van der Waals surface area contributed by atoms with Gasteiger partial charge in [0.25, 0.3) is 0 Å². The number of hydrogen-bond donors (Lipinski definition) is 1. The molecular formula is C17H23ClN2O. The number of carbonyl (C=O) groups is 1. The number of nitrogens with zero attached hydrogens (tertiary/aromatic N) is 1. The second-order valence-electron chi connectivity index (χ2n) is 6.92. The molecule has 21 heavy (non-hydrogen) atoms. The Morgan fingerprint density at radius 3 is 2.76 bits per heavy atom. The summed E-state index contributed by atoms with van der Waals surface area (Å²) in [5, 5.41) is 0. The number of benzene rings is 1. The van der Waals surface area contributed by atoms with Gasteiger partial charge in [-0.25, -0.2) is 0 Å². The van der Waals surface area contributed by atoms with Crippen LogP contribution in [-0.4, -0.2) is 32.1 Å². The lowest BCUT2D eigenvalue weighted by Crippen LogP contribution is -3.11. The molecule has 0 aromatic heterocycles. The molecule has 1 saturated heterocycles. The fourth-order valence-corrected chi connectivity index (χ4v) is 4.01. The van der Waals surface area contributed by atoms with E-state index in [0.29, 0.717) is 23.8 Å². The Morgan fingerprint density at radius 2 is 2.05 bits per heavy atom. The van der Waals surface area contributed by atoms with E-state index in [1.807, 2.05) is 0 Å². The maximum atomic E-state index is 12.7. The van der Waals surface area contributed by atoms with E-state index in [2.05, 4.69) is 37.1 Å². The molecule has 0 bridgehead atoms. The Kier molecular flexibility index (Phi) is 3.74. The zero-order valence-corrected chi connectivity index (χ0v) is 13.5. The molecule has 4 heteroatoms. The van der Waals surface area contributed by atoms with Crippen LogP contribution in [0.2, 0.25) is 0 Å². The Hall–Kier alpha value is -1.06. The van der Waals surface area contributed by atoms with Gasteiger partial charge in [-0.15, -0.1) is 0 Å². The van der Waals surface area contributed by atoms with E-state index >= 15 is 0 Å². The summed E-state index contributed by atoms with van der Waals surface area (Å²) in [5.74, 6) is 1.25. The molecule has 1 aromatic rings. The predicted octanol–water partition coefficient (Wildman–Crippen LogP) is -1.87. The summed E-state index contributed by atoms with van der Waals surface area (Å²) in [6.45, 7) is 4.50. The number of hydrogen-bond acceptors (Lipinski definition) is 1. The van der Waals surface area contributed by atoms with Gasteiger partial charge in [0, 0.05) is 18.0 Å². The van der Waals surface area contributed by atoms with Crippen molar-refractivity contribution in [1.82, 2.24) is 0 Å². The van der Waals surface area contributed by atoms with E-state index in [1.165, 1.54) is 23.4 Å². The first-order valence-electron chi connectivity index (χ1n) is 7.90. The molecule has 3 aliphatic rings. The summed E-state index contributed by atoms with van der Waals surface area (Å²) in [6, 6.07) is 7.06. The highest BCUT2D eigenvalue weighted by atomic mass is 35.5. The topological polar surface area (TPSA) is 24.8 Å². The highest BCUT2D eigenvalue weighted by molar-refractivity contribution is 5.99. The van der Waals surface area contributed by atoms with Gasteiger partial charge in [-0.2, -0.15) is 0 Å². The van der Waals surface area contributed by atoms with E-state index < -0.39 is 0 Å². The van der Waals surface area contributed by atoms with Crippen LogP contribution in [0.25, 0.3) is 0 Å². The molecule has 3 atom stereocenters. The van der Waals surface area contributed by atoms with Crippen molar-refractivity contribution in [3.05, 3.63) is 29.3 Å². The first-order chi connectivity index (χ1) is 9.65. The third-order valence-corrected chi connectivity index (χ3v) is 5.24. The van der Waals surface area contributed by atoms with Gasteiger partial charge >= 0.3 is 0 Å². The molecule has 2 fully saturated rings. The maximum Gasteiger partial charge on any atom is 0.230 e. The average Bonchev–Trinajstić information content (AvgIpc) is 3.22. The molecule has 1 aromatic carbocycles. The first kappa shape index (κ1) is 14.9. The number of likely N-dealkylation sites (N-methyl/N-ethyl adjacent to an activating group) is 1. The van der Waals surface area contributed by atoms with Crippen LogP contribution in [0.4, 0.5) is 5.69 Å². The van der Waals surface area contributed by atoms with Crippen molar-refractivity contribution < 1.29 is 22.1 Å². The molecule has 0 spiro atoms. The van der Waals surface area contributed by atoms with Gasteiger partial charge in [-0.1, -0.05) is 17.7 Å². The van der Waals surface area contributed by atoms with E-state index in [0.717, 1.165) is 25.8 Å². The van der Waals surface area contributed by atoms with Crippen molar-refractivity contribution in [3.63, 3.8) is 0 Å². The standard InChI is InChI=1S/C17H22N2O.ClH/c1-11-3-6-15-13(9-11)14-10-18(2)8-7-16(14)19(15)17(20)12-4-5-12;/h3,6,9,12,14,16H,4-5,7-8,10H2,1-2H3;1H/t14-,16+;/m0./s1. The van der Waals surface area contributed by atoms with E-state index in [4.69, 9.17) is 0 Å². The summed E-state index contributed by atoms with van der Waals surface area (Å²) >= 11 is 0. The molecule has 1 aliphatic carbocycles. The Labute approximate surface area is 132 Å². The first-order valence-corrected chi connectivity index (χ1v) is 7.90. The predicted molar refractivity (Wildman–Crippen MR) is 79.2 cm³/mol. The van der Waals surface area contributed by atoms with Gasteiger partial charge in [-0.3, -0.25) is 4.79 Å². The molecule has 1 unspecified atom stereocenters. The van der Waals surface area contributed by atoms with Crippen LogP contribution in [0.3, 0.4) is 0 Å². The summed E-state index contributed by atoms with van der Waals surface area (Å²) in [6.07, 6.45) is 3.33. The largest absolute Gasteiger partial charge is 1.00 e. The number of fused-ring (bicyclic) bond motifs is 3. The number of carbonyl (C=O) groups excluding carboxylic acids is 1. The number of likely N-dealkylation sites (tertiary alicyclic amines) is 1. The monoisotopic (exact) mass is 306 g/mol. The lowest BCUT2D eigenvalue weighted by atomic mass is 9.89. The van der Waals surface area contributed by atoms with Crippen molar-refractivity contribution >= 4 is 11.6 Å². The Bertz CT molecular complexity index is 570. The van der Waals surface area contributed by atoms with Gasteiger partial charge in [0.05, 0.1) is 32.1 Å². The number of nitrogens with one attached hydrogen (secondary N) is 1. The number of piperidine rings is 1. The molecule has 2 heterocycles. The van der Waals surface area contributed by atoms with Crippen molar-refractivity contribution in [3.8, 4) is 0 Å². The van der Waals surface area contributed by atoms with Crippen LogP contribution < -0.4 is 22.2 Å². The molecule has 3 nitrogen and oxygen atoms in total. The molecule has 1 N–H and O–H groups in total. The fourth-order valence-electron chi connectivity index (χ4n) is 4.01. The summed E-state index contributed by atoms with van der Waals surface area (Å²) in [5.41, 5.74) is 3.94. The van der Waals surface area contributed by atoms with E-state index in [1.54, 1.807) is 4.90 Å². The molecule has 1 amide bonds. The van der Waals surface area contributed by atoms with Crippen molar-refractivity contribution in [2.24, 2.45) is 5.92 Å². The summed E-state index contributed by atoms with van der Waals surface area (Å²) in [7, 11) is 2.27. The molecule has 0 radical (unpaired) electrons. The van der Waals surface area contributed by atoms with Gasteiger partial charge in [0.2, 0.25) is 5.91 Å². The van der Waals surface area contributed by atoms with Gasteiger partial charge < -0.3 is 22.2 Å². The molecular weight excluding hydrogens is 284 g/mol. The van der Waals surface area contributed by atoms with Gasteiger partial charge in [0.15, 0.2) is 0 Å². The number of anilines is 1. The van der Waals surface area contributed by atoms with Crippen LogP contribution in [0, 0.1) is 12.8 Å². The van der Waals surface area contributed by atoms with Crippen LogP contribution in [0.5, 0.6) is 0 Å². The van der Waals surface area contributed by atoms with E-state index in [-0.39, 0.29) is 12.4 Å². The molecule has 1 saturated carbocycles. The summed E-state index contributed by atoms with van der Waals surface area (Å²) in [4.78, 5) is 16.5. The number of aryl methyl sites for hydroxylation is 1. The van der Waals surface area contributed by atoms with Crippen LogP contribution in [-0.2, 0) is 4.79 Å². The zero-order chi connectivity index (χ0) is 13.9. The second-order valence-corrected chi connectivity index (χ2v) is 6.92. The van der Waals surface area contributed by atoms with Gasteiger partial charge in [0.1, 0.15) is 0 Å². The third-order valence-electron chi connectivity index (χ3n) is 5.24. The van der Waals surface area contributed by atoms with Gasteiger partial charge in [-0.05, 0) is 31.4 Å². The number of quaternary nitrogens is 1. The lowest BCUT2D eigenvalue weighted by Gasteiger charge is -2.34. The van der Waals surface area contributed by atoms with Crippen molar-refractivity contribution in [2.45, 2.75) is 38.1 Å². The second kappa shape index (κ2) is 5.29. The molecule has 2 aliphatic heterocycles. The number of amides is 1. The zero-order valence-electron chi connectivity index (χ0n) is 12.7. The van der Waals surface area contributed by atoms with Crippen LogP contribution >= 0.6 is 0 Å². The summed E-state index contributed by atoms with van der Waals surface area (Å²) < 4.78 is 0. The number of halogens is 1. The van der Waals surface area contributed by atoms with Crippen molar-refractivity contribution in [2.75, 3.05) is 25.0 Å².